The van der Waals surface area contributed by atoms with Gasteiger partial charge in [0, 0.05) is 59.4 Å². The highest BCUT2D eigenvalue weighted by atomic mass is 32.1. The third-order valence-electron chi connectivity index (χ3n) is 12.4. The molecule has 0 N–H and O–H groups in total. The molecule has 0 bridgehead atoms. The van der Waals surface area contributed by atoms with Crippen molar-refractivity contribution >= 4 is 75.1 Å². The van der Waals surface area contributed by atoms with Gasteiger partial charge in [-0.2, -0.15) is 0 Å². The fourth-order valence-corrected chi connectivity index (χ4v) is 10.8. The molecule has 4 heterocycles. The molecule has 13 rings (SSSR count). The lowest BCUT2D eigenvalue weighted by atomic mass is 10.0. The minimum absolute atomic E-state index is 0.623. The number of benzene rings is 9. The molecule has 4 aromatic heterocycles. The first-order valence-corrected chi connectivity index (χ1v) is 22.0. The summed E-state index contributed by atoms with van der Waals surface area (Å²) >= 11 is 1.86. The summed E-state index contributed by atoms with van der Waals surface area (Å²) in [6, 6.07) is 75.4. The summed E-state index contributed by atoms with van der Waals surface area (Å²) in [6.45, 7) is 0. The Morgan fingerprint density at radius 1 is 0.333 bits per heavy atom. The minimum atomic E-state index is 0.623. The number of para-hydroxylation sites is 4. The SMILES string of the molecule is c1ccc(-c2ccc(-c3nc(-c4ccccc4)nc(-c4cccc5c6ccc7c(sc8cccc(-n9c%10ccccc%10c%10ccccc%109)c87)c6n(-c6ccccc6)c45)n3)cc2)cc1. The molecule has 6 heteroatoms. The van der Waals surface area contributed by atoms with E-state index in [2.05, 4.69) is 197 Å². The van der Waals surface area contributed by atoms with E-state index in [9.17, 15) is 0 Å². The Labute approximate surface area is 366 Å². The third-order valence-corrected chi connectivity index (χ3v) is 13.6. The molecule has 0 fully saturated rings. The summed E-state index contributed by atoms with van der Waals surface area (Å²) in [5, 5.41) is 7.32. The molecule has 0 amide bonds. The summed E-state index contributed by atoms with van der Waals surface area (Å²) in [4.78, 5) is 15.7. The van der Waals surface area contributed by atoms with Gasteiger partial charge < -0.3 is 9.13 Å². The zero-order valence-corrected chi connectivity index (χ0v) is 34.7. The van der Waals surface area contributed by atoms with Gasteiger partial charge in [-0.3, -0.25) is 0 Å². The second-order valence-electron chi connectivity index (χ2n) is 15.9. The molecule has 13 aromatic rings. The van der Waals surface area contributed by atoms with Gasteiger partial charge in [-0.05, 0) is 53.6 Å². The van der Waals surface area contributed by atoms with Crippen LogP contribution in [0.2, 0.25) is 0 Å². The van der Waals surface area contributed by atoms with E-state index >= 15 is 0 Å². The van der Waals surface area contributed by atoms with Gasteiger partial charge in [0.1, 0.15) is 0 Å². The summed E-state index contributed by atoms with van der Waals surface area (Å²) in [5.41, 5.74) is 12.0. The quantitative estimate of drug-likeness (QED) is 0.168. The van der Waals surface area contributed by atoms with Gasteiger partial charge >= 0.3 is 0 Å². The molecule has 0 saturated heterocycles. The zero-order valence-electron chi connectivity index (χ0n) is 33.9. The lowest BCUT2D eigenvalue weighted by Crippen LogP contribution is -2.02. The van der Waals surface area contributed by atoms with Gasteiger partial charge in [-0.25, -0.2) is 15.0 Å². The van der Waals surface area contributed by atoms with Crippen molar-refractivity contribution in [3.8, 4) is 56.7 Å². The Hall–Kier alpha value is -8.19. The molecule has 0 radical (unpaired) electrons. The molecule has 0 aliphatic rings. The van der Waals surface area contributed by atoms with Gasteiger partial charge in [-0.15, -0.1) is 11.3 Å². The van der Waals surface area contributed by atoms with Crippen LogP contribution in [0.1, 0.15) is 0 Å². The average Bonchev–Trinajstić information content (AvgIpc) is 4.03. The number of thiophene rings is 1. The van der Waals surface area contributed by atoms with Crippen LogP contribution in [0.4, 0.5) is 0 Å². The highest BCUT2D eigenvalue weighted by Crippen LogP contribution is 2.47. The van der Waals surface area contributed by atoms with E-state index in [-0.39, 0.29) is 0 Å². The van der Waals surface area contributed by atoms with Gasteiger partial charge in [0.25, 0.3) is 0 Å². The maximum Gasteiger partial charge on any atom is 0.166 e. The van der Waals surface area contributed by atoms with Crippen molar-refractivity contribution in [3.63, 3.8) is 0 Å². The second kappa shape index (κ2) is 14.2. The fraction of sp³-hybridized carbons (Fsp3) is 0. The van der Waals surface area contributed by atoms with Crippen LogP contribution in [-0.4, -0.2) is 24.1 Å². The first kappa shape index (κ1) is 35.6. The van der Waals surface area contributed by atoms with E-state index in [1.54, 1.807) is 0 Å². The maximum absolute atomic E-state index is 5.31. The number of hydrogen-bond acceptors (Lipinski definition) is 4. The van der Waals surface area contributed by atoms with Crippen molar-refractivity contribution < 1.29 is 0 Å². The smallest absolute Gasteiger partial charge is 0.166 e. The second-order valence-corrected chi connectivity index (χ2v) is 17.0. The molecular formula is C57H35N5S. The number of fused-ring (bicyclic) bond motifs is 10. The molecule has 0 saturated carbocycles. The molecule has 5 nitrogen and oxygen atoms in total. The Morgan fingerprint density at radius 3 is 1.54 bits per heavy atom. The molecule has 294 valence electrons. The zero-order chi connectivity index (χ0) is 41.4. The Bertz CT molecular complexity index is 3830. The molecule has 0 atom stereocenters. The van der Waals surface area contributed by atoms with Gasteiger partial charge in [0.05, 0.1) is 32.5 Å². The predicted molar refractivity (Wildman–Crippen MR) is 263 cm³/mol. The molecule has 0 unspecified atom stereocenters. The topological polar surface area (TPSA) is 48.5 Å². The Kier molecular flexibility index (Phi) is 8.01. The number of nitrogens with zero attached hydrogens (tertiary/aromatic N) is 5. The summed E-state index contributed by atoms with van der Waals surface area (Å²) in [6.07, 6.45) is 0. The number of rotatable bonds is 6. The lowest BCUT2D eigenvalue weighted by molar-refractivity contribution is 1.07. The van der Waals surface area contributed by atoms with Crippen LogP contribution >= 0.6 is 11.3 Å². The largest absolute Gasteiger partial charge is 0.309 e. The standard InChI is InChI=1S/C57H35N5S/c1-4-16-36(17-5-1)37-30-32-39(33-31-37)56-58-55(38-18-6-2-7-19-38)59-57(60-56)46-25-14-24-43-44-34-35-45-51-49(62-47-26-12-10-22-41(47)42-23-11-13-27-48(42)62)28-15-29-50(51)63-54(45)53(44)61(52(43)46)40-20-8-3-9-21-40/h1-35H. The van der Waals surface area contributed by atoms with Crippen LogP contribution in [0.15, 0.2) is 212 Å². The summed E-state index contributed by atoms with van der Waals surface area (Å²) < 4.78 is 7.38. The lowest BCUT2D eigenvalue weighted by Gasteiger charge is -2.13. The Balaban J connectivity index is 1.08. The molecule has 9 aromatic carbocycles. The van der Waals surface area contributed by atoms with Crippen molar-refractivity contribution in [2.24, 2.45) is 0 Å². The number of aromatic nitrogens is 5. The van der Waals surface area contributed by atoms with Crippen molar-refractivity contribution in [2.45, 2.75) is 0 Å². The maximum atomic E-state index is 5.31. The summed E-state index contributed by atoms with van der Waals surface area (Å²) in [5.74, 6) is 1.88. The normalized spacial score (nSPS) is 11.8. The third kappa shape index (κ3) is 5.59. The Morgan fingerprint density at radius 2 is 0.841 bits per heavy atom. The highest BCUT2D eigenvalue weighted by Gasteiger charge is 2.24. The van der Waals surface area contributed by atoms with E-state index in [1.165, 1.54) is 64.1 Å². The van der Waals surface area contributed by atoms with E-state index < -0.39 is 0 Å². The monoisotopic (exact) mass is 821 g/mol. The van der Waals surface area contributed by atoms with E-state index in [1.807, 2.05) is 35.6 Å². The van der Waals surface area contributed by atoms with Crippen LogP contribution in [0, 0.1) is 0 Å². The van der Waals surface area contributed by atoms with Crippen LogP contribution in [0.3, 0.4) is 0 Å². The predicted octanol–water partition coefficient (Wildman–Crippen LogP) is 15.1. The summed E-state index contributed by atoms with van der Waals surface area (Å²) in [7, 11) is 0. The molecular weight excluding hydrogens is 787 g/mol. The van der Waals surface area contributed by atoms with Crippen molar-refractivity contribution in [2.75, 3.05) is 0 Å². The van der Waals surface area contributed by atoms with Gasteiger partial charge in [0.2, 0.25) is 0 Å². The van der Waals surface area contributed by atoms with Gasteiger partial charge in [0.15, 0.2) is 17.5 Å². The van der Waals surface area contributed by atoms with Crippen LogP contribution < -0.4 is 0 Å². The highest BCUT2D eigenvalue weighted by molar-refractivity contribution is 7.26. The number of hydrogen-bond donors (Lipinski definition) is 0. The van der Waals surface area contributed by atoms with Crippen LogP contribution in [-0.2, 0) is 0 Å². The minimum Gasteiger partial charge on any atom is -0.309 e. The average molecular weight is 822 g/mol. The van der Waals surface area contributed by atoms with Crippen LogP contribution in [0.25, 0.3) is 120 Å². The van der Waals surface area contributed by atoms with E-state index in [0.717, 1.165) is 38.8 Å². The van der Waals surface area contributed by atoms with Crippen molar-refractivity contribution in [1.82, 2.24) is 24.1 Å². The molecule has 0 aliphatic heterocycles. The first-order chi connectivity index (χ1) is 31.3. The first-order valence-electron chi connectivity index (χ1n) is 21.2. The van der Waals surface area contributed by atoms with Crippen molar-refractivity contribution in [3.05, 3.63) is 212 Å². The molecule has 63 heavy (non-hydrogen) atoms. The van der Waals surface area contributed by atoms with Gasteiger partial charge in [-0.1, -0.05) is 170 Å². The molecule has 0 spiro atoms. The molecule has 0 aliphatic carbocycles. The van der Waals surface area contributed by atoms with E-state index in [0.29, 0.717) is 17.5 Å². The van der Waals surface area contributed by atoms with Crippen molar-refractivity contribution in [1.29, 1.82) is 0 Å². The van der Waals surface area contributed by atoms with E-state index in [4.69, 9.17) is 15.0 Å². The fourth-order valence-electron chi connectivity index (χ4n) is 9.58. The van der Waals surface area contributed by atoms with Crippen LogP contribution in [0.5, 0.6) is 0 Å².